The van der Waals surface area contributed by atoms with E-state index in [-0.39, 0.29) is 18.3 Å². The SMILES string of the molecule is CCOc1cc(C=C2SC(=Nc3ccc(F)cc3)NC2=O)ccc1OCC(=O)OC. The summed E-state index contributed by atoms with van der Waals surface area (Å²) < 4.78 is 28.6. The first kappa shape index (κ1) is 21.4. The van der Waals surface area contributed by atoms with Crippen LogP contribution in [0.15, 0.2) is 52.4 Å². The maximum atomic E-state index is 13.0. The molecule has 3 rings (SSSR count). The van der Waals surface area contributed by atoms with Crippen LogP contribution >= 0.6 is 11.8 Å². The number of halogens is 1. The van der Waals surface area contributed by atoms with Crippen LogP contribution in [0.5, 0.6) is 11.5 Å². The van der Waals surface area contributed by atoms with E-state index in [0.717, 1.165) is 0 Å². The van der Waals surface area contributed by atoms with Gasteiger partial charge in [0, 0.05) is 0 Å². The summed E-state index contributed by atoms with van der Waals surface area (Å²) in [6, 6.07) is 10.8. The Morgan fingerprint density at radius 1 is 1.17 bits per heavy atom. The van der Waals surface area contributed by atoms with Crippen LogP contribution in [-0.2, 0) is 14.3 Å². The molecule has 1 saturated heterocycles. The fraction of sp³-hybridized carbons (Fsp3) is 0.190. The summed E-state index contributed by atoms with van der Waals surface area (Å²) in [6.45, 7) is 1.99. The molecule has 0 spiro atoms. The molecule has 30 heavy (non-hydrogen) atoms. The molecule has 1 aliphatic heterocycles. The summed E-state index contributed by atoms with van der Waals surface area (Å²) in [4.78, 5) is 28.3. The number of methoxy groups -OCH3 is 1. The van der Waals surface area contributed by atoms with Gasteiger partial charge in [0.15, 0.2) is 23.3 Å². The van der Waals surface area contributed by atoms with E-state index in [1.54, 1.807) is 24.3 Å². The predicted molar refractivity (Wildman–Crippen MR) is 112 cm³/mol. The van der Waals surface area contributed by atoms with Gasteiger partial charge in [0.2, 0.25) is 0 Å². The lowest BCUT2D eigenvalue weighted by atomic mass is 10.2. The number of aliphatic imine (C=N–C) groups is 1. The molecule has 0 saturated carbocycles. The van der Waals surface area contributed by atoms with Gasteiger partial charge in [0.1, 0.15) is 5.82 Å². The minimum Gasteiger partial charge on any atom is -0.490 e. The van der Waals surface area contributed by atoms with Gasteiger partial charge in [-0.3, -0.25) is 4.79 Å². The molecule has 1 N–H and O–H groups in total. The Labute approximate surface area is 176 Å². The number of amidine groups is 1. The molecule has 0 unspecified atom stereocenters. The van der Waals surface area contributed by atoms with Crippen molar-refractivity contribution in [2.24, 2.45) is 4.99 Å². The highest BCUT2D eigenvalue weighted by Gasteiger charge is 2.24. The average molecular weight is 430 g/mol. The number of amides is 1. The average Bonchev–Trinajstić information content (AvgIpc) is 3.07. The van der Waals surface area contributed by atoms with Crippen LogP contribution in [0.3, 0.4) is 0 Å². The van der Waals surface area contributed by atoms with Crippen LogP contribution in [0.25, 0.3) is 6.08 Å². The van der Waals surface area contributed by atoms with Crippen LogP contribution in [-0.4, -0.2) is 37.4 Å². The maximum Gasteiger partial charge on any atom is 0.343 e. The van der Waals surface area contributed by atoms with Crippen molar-refractivity contribution in [3.05, 3.63) is 58.8 Å². The fourth-order valence-electron chi connectivity index (χ4n) is 2.46. The summed E-state index contributed by atoms with van der Waals surface area (Å²) in [7, 11) is 1.28. The van der Waals surface area contributed by atoms with Crippen molar-refractivity contribution in [3.63, 3.8) is 0 Å². The first-order valence-electron chi connectivity index (χ1n) is 9.00. The Hall–Kier alpha value is -3.33. The lowest BCUT2D eigenvalue weighted by Crippen LogP contribution is -2.19. The van der Waals surface area contributed by atoms with Crippen LogP contribution in [0, 0.1) is 5.82 Å². The monoisotopic (exact) mass is 430 g/mol. The van der Waals surface area contributed by atoms with Gasteiger partial charge in [0.25, 0.3) is 5.91 Å². The summed E-state index contributed by atoms with van der Waals surface area (Å²) in [5.41, 5.74) is 1.25. The van der Waals surface area contributed by atoms with Crippen LogP contribution in [0.4, 0.5) is 10.1 Å². The number of carbonyl (C=O) groups is 2. The van der Waals surface area contributed by atoms with Gasteiger partial charge in [-0.1, -0.05) is 6.07 Å². The lowest BCUT2D eigenvalue weighted by molar-refractivity contribution is -0.142. The molecule has 0 bridgehead atoms. The van der Waals surface area contributed by atoms with E-state index < -0.39 is 5.97 Å². The third kappa shape index (κ3) is 5.60. The molecular weight excluding hydrogens is 411 g/mol. The predicted octanol–water partition coefficient (Wildman–Crippen LogP) is 3.67. The van der Waals surface area contributed by atoms with E-state index in [0.29, 0.717) is 39.4 Å². The fourth-order valence-corrected chi connectivity index (χ4v) is 3.30. The van der Waals surface area contributed by atoms with Crippen LogP contribution in [0.2, 0.25) is 0 Å². The molecule has 2 aromatic carbocycles. The van der Waals surface area contributed by atoms with E-state index in [1.807, 2.05) is 6.92 Å². The molecule has 1 amide bonds. The first-order valence-corrected chi connectivity index (χ1v) is 9.81. The van der Waals surface area contributed by atoms with E-state index in [9.17, 15) is 14.0 Å². The number of ether oxygens (including phenoxy) is 3. The van der Waals surface area contributed by atoms with E-state index in [2.05, 4.69) is 15.0 Å². The maximum absolute atomic E-state index is 13.0. The molecule has 0 aliphatic carbocycles. The molecular formula is C21H19FN2O5S. The van der Waals surface area contributed by atoms with Crippen LogP contribution in [0.1, 0.15) is 12.5 Å². The molecule has 0 radical (unpaired) electrons. The van der Waals surface area contributed by atoms with Crippen molar-refractivity contribution in [2.45, 2.75) is 6.92 Å². The van der Waals surface area contributed by atoms with Crippen molar-refractivity contribution >= 4 is 40.6 Å². The second kappa shape index (κ2) is 9.93. The number of esters is 1. The molecule has 1 heterocycles. The van der Waals surface area contributed by atoms with Gasteiger partial charge in [-0.2, -0.15) is 0 Å². The molecule has 2 aromatic rings. The van der Waals surface area contributed by atoms with Crippen molar-refractivity contribution in [3.8, 4) is 11.5 Å². The number of nitrogens with zero attached hydrogens (tertiary/aromatic N) is 1. The van der Waals surface area contributed by atoms with Gasteiger partial charge in [-0.05, 0) is 66.7 Å². The van der Waals surface area contributed by atoms with Gasteiger partial charge in [0.05, 0.1) is 24.3 Å². The number of carbonyl (C=O) groups excluding carboxylic acids is 2. The van der Waals surface area contributed by atoms with Gasteiger partial charge in [-0.15, -0.1) is 0 Å². The molecule has 1 fully saturated rings. The molecule has 0 aromatic heterocycles. The Kier molecular flexibility index (Phi) is 7.08. The number of rotatable bonds is 7. The summed E-state index contributed by atoms with van der Waals surface area (Å²) in [5, 5.41) is 3.09. The van der Waals surface area contributed by atoms with Crippen molar-refractivity contribution in [1.82, 2.24) is 5.32 Å². The van der Waals surface area contributed by atoms with Crippen molar-refractivity contribution < 1.29 is 28.2 Å². The Morgan fingerprint density at radius 2 is 1.93 bits per heavy atom. The second-order valence-corrected chi connectivity index (χ2v) is 6.99. The highest BCUT2D eigenvalue weighted by molar-refractivity contribution is 8.18. The minimum absolute atomic E-state index is 0.238. The second-order valence-electron chi connectivity index (χ2n) is 5.96. The van der Waals surface area contributed by atoms with Gasteiger partial charge in [-0.25, -0.2) is 14.2 Å². The first-order chi connectivity index (χ1) is 14.5. The third-order valence-corrected chi connectivity index (χ3v) is 4.76. The number of nitrogens with one attached hydrogen (secondary N) is 1. The summed E-state index contributed by atoms with van der Waals surface area (Å²) in [6.07, 6.45) is 1.69. The Morgan fingerprint density at radius 3 is 2.63 bits per heavy atom. The van der Waals surface area contributed by atoms with Crippen molar-refractivity contribution in [2.75, 3.05) is 20.3 Å². The number of hydrogen-bond acceptors (Lipinski definition) is 7. The highest BCUT2D eigenvalue weighted by atomic mass is 32.2. The van der Waals surface area contributed by atoms with E-state index >= 15 is 0 Å². The Bertz CT molecular complexity index is 1000. The number of benzene rings is 2. The molecule has 1 aliphatic rings. The Balaban J connectivity index is 1.78. The zero-order valence-corrected chi connectivity index (χ0v) is 17.1. The standard InChI is InChI=1S/C21H19FN2O5S/c1-3-28-17-10-13(4-9-16(17)29-12-19(25)27-2)11-18-20(26)24-21(30-18)23-15-7-5-14(22)6-8-15/h4-11H,3,12H2,1-2H3,(H,23,24,26). The minimum atomic E-state index is -0.504. The van der Waals surface area contributed by atoms with E-state index in [1.165, 1.54) is 43.1 Å². The van der Waals surface area contributed by atoms with Crippen LogP contribution < -0.4 is 14.8 Å². The highest BCUT2D eigenvalue weighted by Crippen LogP contribution is 2.32. The van der Waals surface area contributed by atoms with Crippen molar-refractivity contribution in [1.29, 1.82) is 0 Å². The van der Waals surface area contributed by atoms with Gasteiger partial charge < -0.3 is 19.5 Å². The third-order valence-electron chi connectivity index (χ3n) is 3.85. The molecule has 0 atom stereocenters. The molecule has 7 nitrogen and oxygen atoms in total. The molecule has 9 heteroatoms. The molecule has 156 valence electrons. The summed E-state index contributed by atoms with van der Waals surface area (Å²) in [5.74, 6) is -0.307. The quantitative estimate of drug-likeness (QED) is 0.533. The van der Waals surface area contributed by atoms with E-state index in [4.69, 9.17) is 9.47 Å². The number of hydrogen-bond donors (Lipinski definition) is 1. The number of thioether (sulfide) groups is 1. The topological polar surface area (TPSA) is 86.2 Å². The summed E-state index contributed by atoms with van der Waals surface area (Å²) >= 11 is 1.18. The zero-order chi connectivity index (χ0) is 21.5. The zero-order valence-electron chi connectivity index (χ0n) is 16.3. The normalized spacial score (nSPS) is 15.9. The smallest absolute Gasteiger partial charge is 0.343 e. The lowest BCUT2D eigenvalue weighted by Gasteiger charge is -2.12. The largest absolute Gasteiger partial charge is 0.490 e. The van der Waals surface area contributed by atoms with Gasteiger partial charge >= 0.3 is 5.97 Å².